The maximum absolute atomic E-state index is 11.8. The number of carbonyl (C=O) groups excluding carboxylic acids is 2. The van der Waals surface area contributed by atoms with Gasteiger partial charge in [0.25, 0.3) is 5.91 Å². The number of amides is 1. The summed E-state index contributed by atoms with van der Waals surface area (Å²) in [5, 5.41) is 7.71. The van der Waals surface area contributed by atoms with Gasteiger partial charge in [0.15, 0.2) is 17.4 Å². The van der Waals surface area contributed by atoms with Gasteiger partial charge in [-0.15, -0.1) is 17.8 Å². The average molecular weight is 329 g/mol. The van der Waals surface area contributed by atoms with E-state index in [1.807, 2.05) is 30.3 Å². The van der Waals surface area contributed by atoms with Crippen molar-refractivity contribution in [1.29, 1.82) is 0 Å². The van der Waals surface area contributed by atoms with Crippen LogP contribution in [-0.2, 0) is 16.1 Å². The van der Waals surface area contributed by atoms with Crippen LogP contribution in [0.2, 0.25) is 0 Å². The highest BCUT2D eigenvalue weighted by Crippen LogP contribution is 2.17. The van der Waals surface area contributed by atoms with Crippen LogP contribution in [0.5, 0.6) is 0 Å². The molecular weight excluding hydrogens is 314 g/mol. The first kappa shape index (κ1) is 16.5. The third-order valence-electron chi connectivity index (χ3n) is 2.72. The zero-order valence-corrected chi connectivity index (χ0v) is 13.1. The third-order valence-corrected chi connectivity index (χ3v) is 3.52. The van der Waals surface area contributed by atoms with Gasteiger partial charge in [-0.25, -0.2) is 9.78 Å². The molecule has 0 unspecified atom stereocenters. The predicted octanol–water partition coefficient (Wildman–Crippen LogP) is 1.66. The molecule has 0 aliphatic rings. The first-order valence-corrected chi connectivity index (χ1v) is 7.67. The van der Waals surface area contributed by atoms with Gasteiger partial charge in [-0.2, -0.15) is 0 Å². The minimum atomic E-state index is -0.648. The number of ether oxygens (including phenoxy) is 1. The van der Waals surface area contributed by atoms with E-state index >= 15 is 0 Å². The highest BCUT2D eigenvalue weighted by Gasteiger charge is 2.13. The highest BCUT2D eigenvalue weighted by molar-refractivity contribution is 7.13. The molecule has 0 spiro atoms. The van der Waals surface area contributed by atoms with Crippen LogP contribution in [-0.4, -0.2) is 30.0 Å². The fourth-order valence-corrected chi connectivity index (χ4v) is 2.31. The molecule has 7 heteroatoms. The largest absolute Gasteiger partial charge is 0.451 e. The number of carbonyl (C=O) groups is 2. The van der Waals surface area contributed by atoms with Gasteiger partial charge in [-0.3, -0.25) is 4.79 Å². The number of terminal acetylenes is 1. The van der Waals surface area contributed by atoms with Crippen molar-refractivity contribution in [3.63, 3.8) is 0 Å². The van der Waals surface area contributed by atoms with Gasteiger partial charge in [0.1, 0.15) is 0 Å². The number of hydrogen-bond donors (Lipinski definition) is 2. The average Bonchev–Trinajstić information content (AvgIpc) is 3.06. The molecule has 2 N–H and O–H groups in total. The van der Waals surface area contributed by atoms with Crippen molar-refractivity contribution in [1.82, 2.24) is 10.3 Å². The molecule has 0 aliphatic carbocycles. The number of aromatic nitrogens is 1. The van der Waals surface area contributed by atoms with Crippen LogP contribution < -0.4 is 10.6 Å². The summed E-state index contributed by atoms with van der Waals surface area (Å²) < 4.78 is 4.86. The second-order valence-corrected chi connectivity index (χ2v) is 5.29. The summed E-state index contributed by atoms with van der Waals surface area (Å²) in [6.07, 6.45) is 5.01. The standard InChI is InChI=1S/C16H15N3O3S/c1-2-8-17-14(20)10-22-15(21)13-11-23-16(19-13)18-9-12-6-4-3-5-7-12/h1,3-7,11H,8-10H2,(H,17,20)(H,18,19). The Labute approximate surface area is 137 Å². The molecule has 6 nitrogen and oxygen atoms in total. The molecular formula is C16H15N3O3S. The second-order valence-electron chi connectivity index (χ2n) is 4.43. The number of esters is 1. The Bertz CT molecular complexity index is 707. The number of rotatable bonds is 7. The van der Waals surface area contributed by atoms with Gasteiger partial charge in [0, 0.05) is 11.9 Å². The summed E-state index contributed by atoms with van der Waals surface area (Å²) >= 11 is 1.30. The quantitative estimate of drug-likeness (QED) is 0.596. The van der Waals surface area contributed by atoms with Crippen molar-refractivity contribution < 1.29 is 14.3 Å². The Morgan fingerprint density at radius 2 is 2.09 bits per heavy atom. The zero-order chi connectivity index (χ0) is 16.5. The van der Waals surface area contributed by atoms with Crippen LogP contribution >= 0.6 is 11.3 Å². The Balaban J connectivity index is 1.80. The molecule has 0 bridgehead atoms. The molecule has 2 rings (SSSR count). The summed E-state index contributed by atoms with van der Waals surface area (Å²) in [6.45, 7) is 0.322. The van der Waals surface area contributed by atoms with Gasteiger partial charge in [0.05, 0.1) is 6.54 Å². The first-order chi connectivity index (χ1) is 11.2. The third kappa shape index (κ3) is 5.45. The van der Waals surface area contributed by atoms with Crippen molar-refractivity contribution in [3.05, 3.63) is 47.0 Å². The number of anilines is 1. The molecule has 1 heterocycles. The molecule has 0 radical (unpaired) electrons. The number of hydrogen-bond acceptors (Lipinski definition) is 6. The van der Waals surface area contributed by atoms with Crippen molar-refractivity contribution in [2.75, 3.05) is 18.5 Å². The van der Waals surface area contributed by atoms with Gasteiger partial charge in [0.2, 0.25) is 0 Å². The van der Waals surface area contributed by atoms with E-state index in [2.05, 4.69) is 21.5 Å². The first-order valence-electron chi connectivity index (χ1n) is 6.79. The van der Waals surface area contributed by atoms with Gasteiger partial charge < -0.3 is 15.4 Å². The summed E-state index contributed by atoms with van der Waals surface area (Å²) in [4.78, 5) is 27.2. The van der Waals surface area contributed by atoms with E-state index in [-0.39, 0.29) is 18.8 Å². The topological polar surface area (TPSA) is 80.3 Å². The summed E-state index contributed by atoms with van der Waals surface area (Å²) in [6, 6.07) is 9.83. The molecule has 0 saturated heterocycles. The number of nitrogens with one attached hydrogen (secondary N) is 2. The predicted molar refractivity (Wildman–Crippen MR) is 88.0 cm³/mol. The lowest BCUT2D eigenvalue weighted by Gasteiger charge is -2.03. The van der Waals surface area contributed by atoms with Crippen molar-refractivity contribution in [3.8, 4) is 12.3 Å². The van der Waals surface area contributed by atoms with E-state index in [0.29, 0.717) is 11.7 Å². The normalized spacial score (nSPS) is 9.70. The van der Waals surface area contributed by atoms with Crippen molar-refractivity contribution >= 4 is 28.3 Å². The second kappa shape index (κ2) is 8.56. The molecule has 0 atom stereocenters. The molecule has 1 amide bonds. The fourth-order valence-electron chi connectivity index (χ4n) is 1.63. The van der Waals surface area contributed by atoms with E-state index in [1.54, 1.807) is 5.38 Å². The van der Waals surface area contributed by atoms with E-state index < -0.39 is 11.9 Å². The number of thiazole rings is 1. The van der Waals surface area contributed by atoms with Gasteiger partial charge in [-0.05, 0) is 5.56 Å². The lowest BCUT2D eigenvalue weighted by molar-refractivity contribution is -0.123. The molecule has 0 fully saturated rings. The Hall–Kier alpha value is -2.85. The maximum atomic E-state index is 11.8. The Morgan fingerprint density at radius 1 is 1.30 bits per heavy atom. The van der Waals surface area contributed by atoms with E-state index in [4.69, 9.17) is 11.2 Å². The van der Waals surface area contributed by atoms with Crippen LogP contribution in [0.3, 0.4) is 0 Å². The summed E-state index contributed by atoms with van der Waals surface area (Å²) in [7, 11) is 0. The molecule has 0 aliphatic heterocycles. The van der Waals surface area contributed by atoms with Gasteiger partial charge in [-0.1, -0.05) is 36.3 Å². The van der Waals surface area contributed by atoms with E-state index in [1.165, 1.54) is 11.3 Å². The van der Waals surface area contributed by atoms with Crippen LogP contribution in [0.25, 0.3) is 0 Å². The smallest absolute Gasteiger partial charge is 0.358 e. The zero-order valence-electron chi connectivity index (χ0n) is 12.2. The van der Waals surface area contributed by atoms with E-state index in [9.17, 15) is 9.59 Å². The van der Waals surface area contributed by atoms with E-state index in [0.717, 1.165) is 5.56 Å². The number of benzene rings is 1. The summed E-state index contributed by atoms with van der Waals surface area (Å²) in [5.41, 5.74) is 1.27. The minimum Gasteiger partial charge on any atom is -0.451 e. The van der Waals surface area contributed by atoms with Crippen LogP contribution in [0.15, 0.2) is 35.7 Å². The minimum absolute atomic E-state index is 0.0979. The van der Waals surface area contributed by atoms with Gasteiger partial charge >= 0.3 is 5.97 Å². The molecule has 2 aromatic rings. The molecule has 1 aromatic carbocycles. The maximum Gasteiger partial charge on any atom is 0.358 e. The van der Waals surface area contributed by atoms with Crippen molar-refractivity contribution in [2.45, 2.75) is 6.54 Å². The molecule has 118 valence electrons. The number of nitrogens with zero attached hydrogens (tertiary/aromatic N) is 1. The monoisotopic (exact) mass is 329 g/mol. The lowest BCUT2D eigenvalue weighted by Crippen LogP contribution is -2.29. The molecule has 1 aromatic heterocycles. The SMILES string of the molecule is C#CCNC(=O)COC(=O)c1csc(NCc2ccccc2)n1. The highest BCUT2D eigenvalue weighted by atomic mass is 32.1. The van der Waals surface area contributed by atoms with Crippen molar-refractivity contribution in [2.24, 2.45) is 0 Å². The van der Waals surface area contributed by atoms with Crippen LogP contribution in [0, 0.1) is 12.3 Å². The fraction of sp³-hybridized carbons (Fsp3) is 0.188. The Kier molecular flexibility index (Phi) is 6.15. The van der Waals surface area contributed by atoms with Crippen LogP contribution in [0.1, 0.15) is 16.1 Å². The van der Waals surface area contributed by atoms with Crippen LogP contribution in [0.4, 0.5) is 5.13 Å². The molecule has 0 saturated carbocycles. The lowest BCUT2D eigenvalue weighted by atomic mass is 10.2. The molecule has 23 heavy (non-hydrogen) atoms. The summed E-state index contributed by atoms with van der Waals surface area (Å²) in [5.74, 6) is 1.16. The Morgan fingerprint density at radius 3 is 2.83 bits per heavy atom.